The van der Waals surface area contributed by atoms with Crippen LogP contribution in [0.1, 0.15) is 52.4 Å². The Morgan fingerprint density at radius 1 is 1.21 bits per heavy atom. The number of hydrogen-bond donors (Lipinski definition) is 3. The summed E-state index contributed by atoms with van der Waals surface area (Å²) in [5.74, 6) is -0.195. The van der Waals surface area contributed by atoms with Gasteiger partial charge in [-0.1, -0.05) is 33.1 Å². The minimum Gasteiger partial charge on any atom is -0.481 e. The third kappa shape index (κ3) is 6.45. The predicted molar refractivity (Wildman–Crippen MR) is 74.0 cm³/mol. The maximum Gasteiger partial charge on any atom is 0.315 e. The minimum atomic E-state index is -0.883. The fourth-order valence-corrected chi connectivity index (χ4v) is 2.49. The molecule has 5 nitrogen and oxygen atoms in total. The third-order valence-electron chi connectivity index (χ3n) is 3.79. The molecule has 1 aliphatic rings. The summed E-state index contributed by atoms with van der Waals surface area (Å²) in [6.45, 7) is 4.52. The molecule has 0 radical (unpaired) electrons. The molecule has 1 atom stereocenters. The SMILES string of the molecule is CC(C)C(CC(=O)O)NC(=O)NCC1CCCCC1. The van der Waals surface area contributed by atoms with Gasteiger partial charge in [-0.2, -0.15) is 0 Å². The summed E-state index contributed by atoms with van der Waals surface area (Å²) in [6, 6.07) is -0.561. The third-order valence-corrected chi connectivity index (χ3v) is 3.79. The lowest BCUT2D eigenvalue weighted by molar-refractivity contribution is -0.137. The molecule has 0 aliphatic heterocycles. The van der Waals surface area contributed by atoms with Gasteiger partial charge in [-0.05, 0) is 24.7 Å². The molecule has 110 valence electrons. The summed E-state index contributed by atoms with van der Waals surface area (Å²) in [6.07, 6.45) is 6.14. The second-order valence-electron chi connectivity index (χ2n) is 5.81. The fraction of sp³-hybridized carbons (Fsp3) is 0.857. The molecule has 0 aromatic carbocycles. The molecular formula is C14H26N2O3. The van der Waals surface area contributed by atoms with Crippen LogP contribution in [0.4, 0.5) is 4.79 Å². The van der Waals surface area contributed by atoms with Gasteiger partial charge in [-0.25, -0.2) is 4.79 Å². The van der Waals surface area contributed by atoms with Crippen LogP contribution in [0.2, 0.25) is 0 Å². The number of carbonyl (C=O) groups excluding carboxylic acids is 1. The average Bonchev–Trinajstić information content (AvgIpc) is 2.36. The van der Waals surface area contributed by atoms with Crippen LogP contribution in [-0.2, 0) is 4.79 Å². The van der Waals surface area contributed by atoms with Crippen molar-refractivity contribution in [2.45, 2.75) is 58.4 Å². The molecule has 3 N–H and O–H groups in total. The van der Waals surface area contributed by atoms with Crippen molar-refractivity contribution >= 4 is 12.0 Å². The normalized spacial score (nSPS) is 18.1. The molecule has 1 unspecified atom stereocenters. The van der Waals surface area contributed by atoms with Gasteiger partial charge in [-0.3, -0.25) is 4.79 Å². The van der Waals surface area contributed by atoms with Gasteiger partial charge in [0.05, 0.1) is 6.42 Å². The minimum absolute atomic E-state index is 0.0332. The van der Waals surface area contributed by atoms with E-state index in [1.54, 1.807) is 0 Å². The van der Waals surface area contributed by atoms with E-state index in [4.69, 9.17) is 5.11 Å². The van der Waals surface area contributed by atoms with E-state index >= 15 is 0 Å². The number of carboxylic acids is 1. The standard InChI is InChI=1S/C14H26N2O3/c1-10(2)12(8-13(17)18)16-14(19)15-9-11-6-4-3-5-7-11/h10-12H,3-9H2,1-2H3,(H,17,18)(H2,15,16,19). The van der Waals surface area contributed by atoms with E-state index in [1.165, 1.54) is 32.1 Å². The van der Waals surface area contributed by atoms with Gasteiger partial charge in [-0.15, -0.1) is 0 Å². The molecule has 0 aromatic rings. The molecule has 0 spiro atoms. The first-order chi connectivity index (χ1) is 8.99. The molecule has 1 rings (SSSR count). The number of urea groups is 1. The molecule has 1 fully saturated rings. The Kier molecular flexibility index (Phi) is 6.67. The quantitative estimate of drug-likeness (QED) is 0.693. The van der Waals surface area contributed by atoms with Crippen LogP contribution in [0, 0.1) is 11.8 Å². The number of hydrogen-bond acceptors (Lipinski definition) is 2. The first kappa shape index (κ1) is 15.8. The molecule has 1 aliphatic carbocycles. The number of nitrogens with one attached hydrogen (secondary N) is 2. The van der Waals surface area contributed by atoms with Crippen molar-refractivity contribution < 1.29 is 14.7 Å². The van der Waals surface area contributed by atoms with Crippen LogP contribution in [0.3, 0.4) is 0 Å². The molecule has 0 aromatic heterocycles. The average molecular weight is 270 g/mol. The van der Waals surface area contributed by atoms with E-state index in [1.807, 2.05) is 13.8 Å². The van der Waals surface area contributed by atoms with Gasteiger partial charge < -0.3 is 15.7 Å². The summed E-state index contributed by atoms with van der Waals surface area (Å²) in [5.41, 5.74) is 0. The van der Waals surface area contributed by atoms with Crippen molar-refractivity contribution in [2.24, 2.45) is 11.8 Å². The Hall–Kier alpha value is -1.26. The van der Waals surface area contributed by atoms with Crippen LogP contribution in [0.5, 0.6) is 0 Å². The molecule has 0 saturated heterocycles. The Bertz CT molecular complexity index is 299. The number of carbonyl (C=O) groups is 2. The highest BCUT2D eigenvalue weighted by atomic mass is 16.4. The summed E-state index contributed by atoms with van der Waals surface area (Å²) < 4.78 is 0. The fourth-order valence-electron chi connectivity index (χ4n) is 2.49. The summed E-state index contributed by atoms with van der Waals surface area (Å²) >= 11 is 0. The van der Waals surface area contributed by atoms with Gasteiger partial charge in [0.2, 0.25) is 0 Å². The zero-order chi connectivity index (χ0) is 14.3. The second kappa shape index (κ2) is 8.02. The molecule has 5 heteroatoms. The topological polar surface area (TPSA) is 78.4 Å². The lowest BCUT2D eigenvalue weighted by atomic mass is 9.89. The van der Waals surface area contributed by atoms with Crippen molar-refractivity contribution in [2.75, 3.05) is 6.54 Å². The van der Waals surface area contributed by atoms with Crippen molar-refractivity contribution in [1.29, 1.82) is 0 Å². The van der Waals surface area contributed by atoms with Gasteiger partial charge in [0, 0.05) is 12.6 Å². The van der Waals surface area contributed by atoms with Crippen LogP contribution in [-0.4, -0.2) is 29.7 Å². The monoisotopic (exact) mass is 270 g/mol. The first-order valence-corrected chi connectivity index (χ1v) is 7.25. The predicted octanol–water partition coefficient (Wildman–Crippen LogP) is 2.37. The van der Waals surface area contributed by atoms with E-state index < -0.39 is 5.97 Å². The highest BCUT2D eigenvalue weighted by Gasteiger charge is 2.20. The zero-order valence-corrected chi connectivity index (χ0v) is 11.9. The molecular weight excluding hydrogens is 244 g/mol. The van der Waals surface area contributed by atoms with Gasteiger partial charge in [0.25, 0.3) is 0 Å². The Labute approximate surface area is 115 Å². The highest BCUT2D eigenvalue weighted by Crippen LogP contribution is 2.22. The smallest absolute Gasteiger partial charge is 0.315 e. The largest absolute Gasteiger partial charge is 0.481 e. The van der Waals surface area contributed by atoms with E-state index in [-0.39, 0.29) is 24.4 Å². The Morgan fingerprint density at radius 3 is 2.37 bits per heavy atom. The number of carboxylic acid groups (broad SMARTS) is 1. The van der Waals surface area contributed by atoms with Gasteiger partial charge in [0.1, 0.15) is 0 Å². The van der Waals surface area contributed by atoms with E-state index in [2.05, 4.69) is 10.6 Å². The van der Waals surface area contributed by atoms with Gasteiger partial charge in [0.15, 0.2) is 0 Å². The molecule has 1 saturated carbocycles. The molecule has 2 amide bonds. The van der Waals surface area contributed by atoms with Crippen molar-refractivity contribution in [3.8, 4) is 0 Å². The number of rotatable bonds is 6. The van der Waals surface area contributed by atoms with Crippen molar-refractivity contribution in [1.82, 2.24) is 10.6 Å². The second-order valence-corrected chi connectivity index (χ2v) is 5.81. The van der Waals surface area contributed by atoms with Gasteiger partial charge >= 0.3 is 12.0 Å². The van der Waals surface area contributed by atoms with Crippen LogP contribution in [0.15, 0.2) is 0 Å². The summed E-state index contributed by atoms with van der Waals surface area (Å²) in [4.78, 5) is 22.5. The van der Waals surface area contributed by atoms with Crippen molar-refractivity contribution in [3.05, 3.63) is 0 Å². The van der Waals surface area contributed by atoms with Crippen LogP contribution < -0.4 is 10.6 Å². The summed E-state index contributed by atoms with van der Waals surface area (Å²) in [7, 11) is 0. The highest BCUT2D eigenvalue weighted by molar-refractivity contribution is 5.75. The number of amides is 2. The van der Waals surface area contributed by atoms with Crippen molar-refractivity contribution in [3.63, 3.8) is 0 Å². The molecule has 19 heavy (non-hydrogen) atoms. The summed E-state index contributed by atoms with van der Waals surface area (Å²) in [5, 5.41) is 14.4. The van der Waals surface area contributed by atoms with E-state index in [9.17, 15) is 9.59 Å². The molecule has 0 heterocycles. The van der Waals surface area contributed by atoms with E-state index in [0.29, 0.717) is 12.5 Å². The first-order valence-electron chi connectivity index (χ1n) is 7.25. The molecule has 0 bridgehead atoms. The maximum atomic E-state index is 11.8. The zero-order valence-electron chi connectivity index (χ0n) is 11.9. The van der Waals surface area contributed by atoms with Crippen LogP contribution in [0.25, 0.3) is 0 Å². The lowest BCUT2D eigenvalue weighted by Gasteiger charge is -2.24. The maximum absolute atomic E-state index is 11.8. The van der Waals surface area contributed by atoms with Crippen LogP contribution >= 0.6 is 0 Å². The Balaban J connectivity index is 2.29. The lowest BCUT2D eigenvalue weighted by Crippen LogP contribution is -2.46. The number of aliphatic carboxylic acids is 1. The Morgan fingerprint density at radius 2 is 1.84 bits per heavy atom. The van der Waals surface area contributed by atoms with E-state index in [0.717, 1.165) is 0 Å².